The number of thiophene rings is 1. The summed E-state index contributed by atoms with van der Waals surface area (Å²) in [6, 6.07) is 13.6. The van der Waals surface area contributed by atoms with Gasteiger partial charge in [0.25, 0.3) is 11.5 Å². The molecule has 3 aromatic heterocycles. The Balaban J connectivity index is 1.51. The molecular formula is C26H28N4O4S. The van der Waals surface area contributed by atoms with Crippen LogP contribution in [0.1, 0.15) is 16.6 Å². The number of nitrogens with zero attached hydrogens (tertiary/aromatic N) is 4. The van der Waals surface area contributed by atoms with E-state index in [0.717, 1.165) is 21.4 Å². The molecule has 35 heavy (non-hydrogen) atoms. The van der Waals surface area contributed by atoms with Gasteiger partial charge in [-0.15, -0.1) is 11.3 Å². The zero-order valence-electron chi connectivity index (χ0n) is 19.9. The van der Waals surface area contributed by atoms with Crippen LogP contribution < -0.4 is 15.2 Å². The average Bonchev–Trinajstić information content (AvgIpc) is 3.29. The molecule has 1 aliphatic heterocycles. The number of rotatable bonds is 7. The van der Waals surface area contributed by atoms with Crippen LogP contribution in [0.2, 0.25) is 0 Å². The number of amides is 1. The molecule has 1 fully saturated rings. The molecule has 0 radical (unpaired) electrons. The van der Waals surface area contributed by atoms with Crippen LogP contribution in [0.4, 0.5) is 5.82 Å². The van der Waals surface area contributed by atoms with Gasteiger partial charge in [0.2, 0.25) is 0 Å². The maximum atomic E-state index is 13.7. The lowest BCUT2D eigenvalue weighted by molar-refractivity contribution is 0.0742. The van der Waals surface area contributed by atoms with Crippen molar-refractivity contribution < 1.29 is 14.3 Å². The number of pyridine rings is 2. The van der Waals surface area contributed by atoms with Crippen molar-refractivity contribution in [3.05, 3.63) is 63.9 Å². The van der Waals surface area contributed by atoms with Crippen molar-refractivity contribution in [2.24, 2.45) is 7.05 Å². The largest absolute Gasteiger partial charge is 0.489 e. The van der Waals surface area contributed by atoms with Gasteiger partial charge in [-0.2, -0.15) is 0 Å². The van der Waals surface area contributed by atoms with E-state index in [-0.39, 0.29) is 18.1 Å². The van der Waals surface area contributed by atoms with E-state index < -0.39 is 0 Å². The summed E-state index contributed by atoms with van der Waals surface area (Å²) >= 11 is 1.34. The monoisotopic (exact) mass is 492 g/mol. The summed E-state index contributed by atoms with van der Waals surface area (Å²) in [6.45, 7) is 5.68. The predicted molar refractivity (Wildman–Crippen MR) is 139 cm³/mol. The smallest absolute Gasteiger partial charge is 0.267 e. The lowest BCUT2D eigenvalue weighted by Crippen LogP contribution is -2.49. The highest BCUT2D eigenvalue weighted by atomic mass is 32.1. The van der Waals surface area contributed by atoms with E-state index in [4.69, 9.17) is 9.47 Å². The first-order chi connectivity index (χ1) is 17.1. The van der Waals surface area contributed by atoms with E-state index in [0.29, 0.717) is 55.4 Å². The Morgan fingerprint density at radius 3 is 2.57 bits per heavy atom. The fourth-order valence-electron chi connectivity index (χ4n) is 4.48. The minimum Gasteiger partial charge on any atom is -0.489 e. The Labute approximate surface area is 207 Å². The summed E-state index contributed by atoms with van der Waals surface area (Å²) < 4.78 is 13.9. The number of fused-ring (bicyclic) bond motifs is 3. The second-order valence-electron chi connectivity index (χ2n) is 8.36. The molecule has 0 spiro atoms. The van der Waals surface area contributed by atoms with E-state index in [1.165, 1.54) is 11.3 Å². The number of benzene rings is 1. The molecule has 1 saturated heterocycles. The molecule has 4 heterocycles. The minimum absolute atomic E-state index is 0.107. The Morgan fingerprint density at radius 2 is 1.83 bits per heavy atom. The summed E-state index contributed by atoms with van der Waals surface area (Å²) in [4.78, 5) is 36.0. The fourth-order valence-corrected chi connectivity index (χ4v) is 5.72. The molecule has 0 bridgehead atoms. The Bertz CT molecular complexity index is 1410. The topological polar surface area (TPSA) is 76.9 Å². The molecule has 0 unspecified atom stereocenters. The molecule has 9 heteroatoms. The van der Waals surface area contributed by atoms with Crippen molar-refractivity contribution in [1.29, 1.82) is 0 Å². The number of ether oxygens (including phenoxy) is 2. The van der Waals surface area contributed by atoms with E-state index in [1.54, 1.807) is 17.8 Å². The van der Waals surface area contributed by atoms with Crippen molar-refractivity contribution in [2.45, 2.75) is 6.92 Å². The molecule has 5 rings (SSSR count). The molecule has 1 amide bonds. The quantitative estimate of drug-likeness (QED) is 0.368. The average molecular weight is 493 g/mol. The molecule has 8 nitrogen and oxygen atoms in total. The molecule has 0 saturated carbocycles. The maximum absolute atomic E-state index is 13.7. The van der Waals surface area contributed by atoms with Gasteiger partial charge in [0, 0.05) is 51.4 Å². The van der Waals surface area contributed by atoms with Gasteiger partial charge in [-0.3, -0.25) is 9.59 Å². The first kappa shape index (κ1) is 23.3. The third-order valence-corrected chi connectivity index (χ3v) is 7.50. The fraction of sp³-hybridized carbons (Fsp3) is 0.346. The number of carbonyl (C=O) groups excluding carboxylic acids is 1. The van der Waals surface area contributed by atoms with Crippen LogP contribution in [0.25, 0.3) is 21.0 Å². The molecule has 0 N–H and O–H groups in total. The van der Waals surface area contributed by atoms with Gasteiger partial charge >= 0.3 is 0 Å². The summed E-state index contributed by atoms with van der Waals surface area (Å²) in [6.07, 6.45) is 1.78. The van der Waals surface area contributed by atoms with Gasteiger partial charge in [0.15, 0.2) is 5.75 Å². The van der Waals surface area contributed by atoms with E-state index in [2.05, 4.69) is 9.88 Å². The van der Waals surface area contributed by atoms with Gasteiger partial charge in [-0.05, 0) is 25.1 Å². The van der Waals surface area contributed by atoms with Crippen molar-refractivity contribution in [2.75, 3.05) is 50.9 Å². The highest BCUT2D eigenvalue weighted by Crippen LogP contribution is 2.40. The third kappa shape index (κ3) is 4.37. The second kappa shape index (κ2) is 10.1. The molecule has 0 aliphatic carbocycles. The summed E-state index contributed by atoms with van der Waals surface area (Å²) in [5.74, 6) is 1.18. The van der Waals surface area contributed by atoms with Crippen molar-refractivity contribution in [3.8, 4) is 5.75 Å². The SMILES string of the molecule is CCOCCOc1c(C(=O)N2CCN(c3ccccn3)CC2)sc2c1c(=O)n(C)c1ccccc21. The number of hydrogen-bond donors (Lipinski definition) is 0. The molecule has 4 aromatic rings. The molecule has 1 aliphatic rings. The second-order valence-corrected chi connectivity index (χ2v) is 9.38. The zero-order chi connectivity index (χ0) is 24.4. The Kier molecular flexibility index (Phi) is 6.70. The first-order valence-corrected chi connectivity index (χ1v) is 12.6. The van der Waals surface area contributed by atoms with Crippen LogP contribution in [0.3, 0.4) is 0 Å². The summed E-state index contributed by atoms with van der Waals surface area (Å²) in [7, 11) is 1.75. The van der Waals surface area contributed by atoms with E-state index in [1.807, 2.05) is 54.3 Å². The van der Waals surface area contributed by atoms with Crippen LogP contribution in [0.15, 0.2) is 53.5 Å². The number of anilines is 1. The summed E-state index contributed by atoms with van der Waals surface area (Å²) in [5, 5.41) is 1.39. The normalized spacial score (nSPS) is 14.1. The summed E-state index contributed by atoms with van der Waals surface area (Å²) in [5.41, 5.74) is 0.662. The van der Waals surface area contributed by atoms with Crippen LogP contribution in [-0.4, -0.2) is 66.4 Å². The van der Waals surface area contributed by atoms with Crippen LogP contribution in [-0.2, 0) is 11.8 Å². The standard InChI is InChI=1S/C26H28N4O4S/c1-3-33-16-17-34-22-21-23(18-8-4-5-9-19(18)28(2)25(21)31)35-24(22)26(32)30-14-12-29(13-15-30)20-10-6-7-11-27-20/h4-11H,3,12-17H2,1-2H3. The predicted octanol–water partition coefficient (Wildman–Crippen LogP) is 3.53. The number of carbonyl (C=O) groups is 1. The highest BCUT2D eigenvalue weighted by Gasteiger charge is 2.30. The van der Waals surface area contributed by atoms with Crippen LogP contribution in [0.5, 0.6) is 5.75 Å². The lowest BCUT2D eigenvalue weighted by atomic mass is 10.1. The van der Waals surface area contributed by atoms with Gasteiger partial charge in [-0.25, -0.2) is 4.98 Å². The maximum Gasteiger partial charge on any atom is 0.267 e. The minimum atomic E-state index is -0.166. The molecule has 182 valence electrons. The third-order valence-electron chi connectivity index (χ3n) is 6.31. The number of para-hydroxylation sites is 1. The zero-order valence-corrected chi connectivity index (χ0v) is 20.7. The van der Waals surface area contributed by atoms with Gasteiger partial charge in [-0.1, -0.05) is 24.3 Å². The molecule has 1 aromatic carbocycles. The number of aryl methyl sites for hydroxylation is 1. The molecular weight excluding hydrogens is 464 g/mol. The highest BCUT2D eigenvalue weighted by molar-refractivity contribution is 7.22. The number of hydrogen-bond acceptors (Lipinski definition) is 7. The van der Waals surface area contributed by atoms with Gasteiger partial charge in [0.05, 0.1) is 16.8 Å². The van der Waals surface area contributed by atoms with Gasteiger partial charge < -0.3 is 23.8 Å². The lowest BCUT2D eigenvalue weighted by Gasteiger charge is -2.35. The van der Waals surface area contributed by atoms with Crippen LogP contribution in [0, 0.1) is 0 Å². The van der Waals surface area contributed by atoms with E-state index in [9.17, 15) is 9.59 Å². The van der Waals surface area contributed by atoms with E-state index >= 15 is 0 Å². The van der Waals surface area contributed by atoms with Gasteiger partial charge in [0.1, 0.15) is 22.7 Å². The number of aromatic nitrogens is 2. The van der Waals surface area contributed by atoms with Crippen molar-refractivity contribution >= 4 is 44.1 Å². The van der Waals surface area contributed by atoms with Crippen LogP contribution >= 0.6 is 11.3 Å². The van der Waals surface area contributed by atoms with Crippen molar-refractivity contribution in [1.82, 2.24) is 14.5 Å². The first-order valence-electron chi connectivity index (χ1n) is 11.8. The van der Waals surface area contributed by atoms with Crippen molar-refractivity contribution in [3.63, 3.8) is 0 Å². The number of piperazine rings is 1. The Hall–Kier alpha value is -3.43. The Morgan fingerprint density at radius 1 is 1.06 bits per heavy atom. The molecule has 0 atom stereocenters.